The first-order valence-electron chi connectivity index (χ1n) is 10.2. The van der Waals surface area contributed by atoms with E-state index in [0.29, 0.717) is 22.6 Å². The van der Waals surface area contributed by atoms with Crippen molar-refractivity contribution in [1.82, 2.24) is 4.57 Å². The summed E-state index contributed by atoms with van der Waals surface area (Å²) < 4.78 is 20.2. The number of halogens is 1. The molecule has 1 atom stereocenters. The van der Waals surface area contributed by atoms with Gasteiger partial charge in [-0.1, -0.05) is 6.92 Å². The van der Waals surface area contributed by atoms with Gasteiger partial charge in [0.1, 0.15) is 5.56 Å². The second kappa shape index (κ2) is 7.23. The van der Waals surface area contributed by atoms with Crippen LogP contribution in [0.3, 0.4) is 0 Å². The van der Waals surface area contributed by atoms with E-state index in [9.17, 15) is 14.1 Å². The van der Waals surface area contributed by atoms with Gasteiger partial charge < -0.3 is 9.30 Å². The first kappa shape index (κ1) is 19.3. The third-order valence-electron chi connectivity index (χ3n) is 6.18. The van der Waals surface area contributed by atoms with Crippen LogP contribution in [0, 0.1) is 5.92 Å². The number of hydrogen-bond acceptors (Lipinski definition) is 5. The molecule has 2 aliphatic carbocycles. The number of carbonyl (C=O) groups is 1. The molecule has 2 heterocycles. The molecule has 0 amide bonds. The van der Waals surface area contributed by atoms with Crippen molar-refractivity contribution >= 4 is 28.2 Å². The molecule has 5 rings (SSSR count). The third-order valence-corrected chi connectivity index (χ3v) is 7.42. The second-order valence-electron chi connectivity index (χ2n) is 8.32. The summed E-state index contributed by atoms with van der Waals surface area (Å²) in [6.07, 6.45) is 6.66. The number of benzene rings is 1. The van der Waals surface area contributed by atoms with Crippen LogP contribution in [0.15, 0.2) is 29.2 Å². The van der Waals surface area contributed by atoms with Gasteiger partial charge in [0, 0.05) is 32.1 Å². The highest BCUT2D eigenvalue weighted by atomic mass is 32.1. The van der Waals surface area contributed by atoms with Gasteiger partial charge in [-0.15, -0.1) is 11.3 Å². The van der Waals surface area contributed by atoms with Crippen LogP contribution in [0.1, 0.15) is 53.0 Å². The van der Waals surface area contributed by atoms with Crippen molar-refractivity contribution in [3.05, 3.63) is 50.6 Å². The number of carbonyl (C=O) groups excluding carboxylic acids is 1. The van der Waals surface area contributed by atoms with Crippen LogP contribution in [0.25, 0.3) is 21.3 Å². The van der Waals surface area contributed by atoms with E-state index in [1.54, 1.807) is 24.5 Å². The Morgan fingerprint density at radius 3 is 2.77 bits per heavy atom. The molecule has 0 N–H and O–H groups in total. The molecule has 0 radical (unpaired) electrons. The van der Waals surface area contributed by atoms with Crippen molar-refractivity contribution in [1.29, 1.82) is 0 Å². The lowest BCUT2D eigenvalue weighted by Gasteiger charge is -2.17. The number of pyridine rings is 1. The molecule has 5 nitrogen and oxygen atoms in total. The lowest BCUT2D eigenvalue weighted by molar-refractivity contribution is -0.0789. The van der Waals surface area contributed by atoms with Crippen molar-refractivity contribution in [2.24, 2.45) is 5.92 Å². The van der Waals surface area contributed by atoms with Crippen molar-refractivity contribution in [2.45, 2.75) is 45.1 Å². The van der Waals surface area contributed by atoms with Gasteiger partial charge in [-0.25, -0.2) is 9.74 Å². The monoisotopic (exact) mass is 427 g/mol. The Morgan fingerprint density at radius 1 is 1.27 bits per heavy atom. The predicted octanol–water partition coefficient (Wildman–Crippen LogP) is 5.24. The molecule has 30 heavy (non-hydrogen) atoms. The number of fused-ring (bicyclic) bond motifs is 2. The molecule has 1 aromatic carbocycles. The molecule has 0 spiro atoms. The number of methoxy groups -OCH3 is 1. The van der Waals surface area contributed by atoms with Gasteiger partial charge in [0.2, 0.25) is 5.43 Å². The van der Waals surface area contributed by atoms with E-state index >= 15 is 0 Å². The molecule has 7 heteroatoms. The van der Waals surface area contributed by atoms with E-state index in [0.717, 1.165) is 36.1 Å². The highest BCUT2D eigenvalue weighted by molar-refractivity contribution is 7.15. The molecule has 1 fully saturated rings. The van der Waals surface area contributed by atoms with Crippen molar-refractivity contribution < 1.29 is 19.0 Å². The van der Waals surface area contributed by atoms with Crippen LogP contribution in [-0.2, 0) is 17.8 Å². The van der Waals surface area contributed by atoms with Gasteiger partial charge in [0.15, 0.2) is 5.75 Å². The maximum Gasteiger partial charge on any atom is 0.384 e. The SMILES string of the molecule is COc1c(-c2cc3c(s2)CC(C)CC3)ccc2c(=O)c(C(=O)OF)cn(C3CC3)c12. The van der Waals surface area contributed by atoms with Gasteiger partial charge in [0.25, 0.3) is 0 Å². The summed E-state index contributed by atoms with van der Waals surface area (Å²) in [5.41, 5.74) is 2.14. The van der Waals surface area contributed by atoms with E-state index in [2.05, 4.69) is 17.9 Å². The lowest BCUT2D eigenvalue weighted by atomic mass is 9.90. The molecule has 2 aromatic heterocycles. The first-order chi connectivity index (χ1) is 14.5. The maximum atomic E-state index is 12.9. The largest absolute Gasteiger partial charge is 0.494 e. The van der Waals surface area contributed by atoms with Crippen LogP contribution in [0.2, 0.25) is 0 Å². The molecule has 0 bridgehead atoms. The summed E-state index contributed by atoms with van der Waals surface area (Å²) in [6.45, 7) is 2.29. The minimum atomic E-state index is -1.26. The van der Waals surface area contributed by atoms with Gasteiger partial charge >= 0.3 is 5.97 Å². The number of aryl methyl sites for hydroxylation is 1. The molecule has 2 aliphatic rings. The highest BCUT2D eigenvalue weighted by Gasteiger charge is 2.30. The smallest absolute Gasteiger partial charge is 0.384 e. The van der Waals surface area contributed by atoms with Gasteiger partial charge in [-0.3, -0.25) is 4.79 Å². The molecule has 0 saturated heterocycles. The fraction of sp³-hybridized carbons (Fsp3) is 0.391. The predicted molar refractivity (Wildman–Crippen MR) is 114 cm³/mol. The molecule has 156 valence electrons. The third kappa shape index (κ3) is 3.03. The average Bonchev–Trinajstić information content (AvgIpc) is 3.51. The van der Waals surface area contributed by atoms with E-state index in [-0.39, 0.29) is 11.6 Å². The summed E-state index contributed by atoms with van der Waals surface area (Å²) in [7, 11) is 1.60. The Balaban J connectivity index is 1.75. The highest BCUT2D eigenvalue weighted by Crippen LogP contribution is 2.45. The molecule has 1 saturated carbocycles. The summed E-state index contributed by atoms with van der Waals surface area (Å²) in [5, 5.41) is 0.334. The Bertz CT molecular complexity index is 1220. The normalized spacial score (nSPS) is 18.3. The standard InChI is InChI=1S/C23H22FNO4S/c1-12-3-4-13-10-19(30-18(13)9-12)15-7-8-16-20(22(15)28-2)25(14-5-6-14)11-17(21(16)26)23(27)29-24/h7-8,10-12,14H,3-6,9H2,1-2H3. The number of ether oxygens (including phenoxy) is 1. The van der Waals surface area contributed by atoms with E-state index in [4.69, 9.17) is 4.74 Å². The van der Waals surface area contributed by atoms with Crippen molar-refractivity contribution in [3.63, 3.8) is 0 Å². The number of nitrogens with zero attached hydrogens (tertiary/aromatic N) is 1. The molecule has 1 unspecified atom stereocenters. The number of thiophene rings is 1. The van der Waals surface area contributed by atoms with Crippen molar-refractivity contribution in [3.8, 4) is 16.2 Å². The Kier molecular flexibility index (Phi) is 4.65. The van der Waals surface area contributed by atoms with Gasteiger partial charge in [-0.05, 0) is 61.8 Å². The Labute approximate surface area is 176 Å². The molecule has 3 aromatic rings. The molecule has 0 aliphatic heterocycles. The van der Waals surface area contributed by atoms with E-state index in [1.807, 2.05) is 10.6 Å². The van der Waals surface area contributed by atoms with Gasteiger partial charge in [0.05, 0.1) is 18.0 Å². The van der Waals surface area contributed by atoms with Gasteiger partial charge in [-0.2, -0.15) is 0 Å². The minimum absolute atomic E-state index is 0.154. The van der Waals surface area contributed by atoms with Crippen LogP contribution >= 0.6 is 11.3 Å². The lowest BCUT2D eigenvalue weighted by Crippen LogP contribution is -2.19. The zero-order chi connectivity index (χ0) is 21.0. The summed E-state index contributed by atoms with van der Waals surface area (Å²) in [6, 6.07) is 5.97. The average molecular weight is 427 g/mol. The maximum absolute atomic E-state index is 12.9. The zero-order valence-electron chi connectivity index (χ0n) is 16.9. The van der Waals surface area contributed by atoms with Crippen LogP contribution < -0.4 is 10.2 Å². The molecular formula is C23H22FNO4S. The summed E-state index contributed by atoms with van der Waals surface area (Å²) in [5.74, 6) is 0.0407. The fourth-order valence-corrected chi connectivity index (χ4v) is 5.85. The van der Waals surface area contributed by atoms with E-state index in [1.165, 1.54) is 23.1 Å². The minimum Gasteiger partial charge on any atom is -0.494 e. The topological polar surface area (TPSA) is 57.5 Å². The quantitative estimate of drug-likeness (QED) is 0.571. The van der Waals surface area contributed by atoms with Crippen molar-refractivity contribution in [2.75, 3.05) is 7.11 Å². The zero-order valence-corrected chi connectivity index (χ0v) is 17.7. The number of hydrogen-bond donors (Lipinski definition) is 0. The second-order valence-corrected chi connectivity index (χ2v) is 9.46. The number of aromatic nitrogens is 1. The summed E-state index contributed by atoms with van der Waals surface area (Å²) in [4.78, 5) is 30.6. The fourth-order valence-electron chi connectivity index (χ4n) is 4.45. The Hall–Kier alpha value is -2.67. The van der Waals surface area contributed by atoms with E-state index < -0.39 is 11.4 Å². The first-order valence-corrected chi connectivity index (χ1v) is 11.0. The Morgan fingerprint density at radius 2 is 2.07 bits per heavy atom. The van der Waals surface area contributed by atoms with Crippen LogP contribution in [0.5, 0.6) is 5.75 Å². The summed E-state index contributed by atoms with van der Waals surface area (Å²) >= 11 is 1.78. The number of rotatable bonds is 4. The van der Waals surface area contributed by atoms with Crippen LogP contribution in [0.4, 0.5) is 4.53 Å². The van der Waals surface area contributed by atoms with Crippen LogP contribution in [-0.4, -0.2) is 17.6 Å². The molecular weight excluding hydrogens is 405 g/mol.